The number of fused-ring (bicyclic) bond motifs is 1. The molecule has 0 spiro atoms. The average Bonchev–Trinajstić information content (AvgIpc) is 2.93. The molecule has 2 aromatic heterocycles. The Morgan fingerprint density at radius 3 is 2.57 bits per heavy atom. The lowest BCUT2D eigenvalue weighted by Crippen LogP contribution is -2.34. The smallest absolute Gasteiger partial charge is 0.264 e. The Labute approximate surface area is 176 Å². The number of thiophene rings is 1. The van der Waals surface area contributed by atoms with E-state index in [1.165, 1.54) is 16.2 Å². The van der Waals surface area contributed by atoms with Crippen LogP contribution in [0.4, 0.5) is 5.69 Å². The van der Waals surface area contributed by atoms with Gasteiger partial charge in [0.1, 0.15) is 10.7 Å². The van der Waals surface area contributed by atoms with Gasteiger partial charge in [-0.25, -0.2) is 9.97 Å². The minimum Gasteiger partial charge on any atom is -0.332 e. The van der Waals surface area contributed by atoms with Crippen molar-refractivity contribution in [1.29, 1.82) is 0 Å². The van der Waals surface area contributed by atoms with Crippen LogP contribution >= 0.6 is 27.3 Å². The number of anilines is 1. The van der Waals surface area contributed by atoms with Crippen molar-refractivity contribution in [1.82, 2.24) is 14.9 Å². The molecule has 0 fully saturated rings. The highest BCUT2D eigenvalue weighted by Gasteiger charge is 2.22. The summed E-state index contributed by atoms with van der Waals surface area (Å²) in [6.07, 6.45) is 0. The number of aromatic nitrogens is 2. The molecule has 2 amide bonds. The van der Waals surface area contributed by atoms with Crippen LogP contribution in [0.25, 0.3) is 10.2 Å². The van der Waals surface area contributed by atoms with Crippen LogP contribution in [0.2, 0.25) is 0 Å². The maximum atomic E-state index is 12.9. The second-order valence-corrected chi connectivity index (χ2v) is 8.68. The Kier molecular flexibility index (Phi) is 5.81. The van der Waals surface area contributed by atoms with Crippen LogP contribution in [0.1, 0.15) is 32.3 Å². The van der Waals surface area contributed by atoms with Crippen molar-refractivity contribution >= 4 is 55.0 Å². The van der Waals surface area contributed by atoms with Gasteiger partial charge in [-0.3, -0.25) is 9.59 Å². The number of halogens is 1. The minimum atomic E-state index is -0.244. The summed E-state index contributed by atoms with van der Waals surface area (Å²) < 4.78 is 0.948. The fourth-order valence-corrected chi connectivity index (χ4v) is 4.84. The first-order chi connectivity index (χ1) is 13.2. The molecule has 2 heterocycles. The van der Waals surface area contributed by atoms with E-state index in [0.717, 1.165) is 37.2 Å². The summed E-state index contributed by atoms with van der Waals surface area (Å²) in [7, 11) is 1.63. The van der Waals surface area contributed by atoms with Gasteiger partial charge in [0.2, 0.25) is 5.91 Å². The number of carbonyl (C=O) groups excluding carboxylic acids is 2. The van der Waals surface area contributed by atoms with E-state index in [4.69, 9.17) is 0 Å². The molecule has 1 N–H and O–H groups in total. The summed E-state index contributed by atoms with van der Waals surface area (Å²) in [4.78, 5) is 37.0. The number of hydrogen-bond acceptors (Lipinski definition) is 5. The molecule has 0 aliphatic rings. The first-order valence-electron chi connectivity index (χ1n) is 8.73. The zero-order valence-corrected chi connectivity index (χ0v) is 18.8. The van der Waals surface area contributed by atoms with Gasteiger partial charge in [-0.1, -0.05) is 15.9 Å². The van der Waals surface area contributed by atoms with E-state index in [0.29, 0.717) is 10.7 Å². The van der Waals surface area contributed by atoms with Crippen LogP contribution in [-0.2, 0) is 4.79 Å². The predicted octanol–water partition coefficient (Wildman–Crippen LogP) is 4.40. The van der Waals surface area contributed by atoms with Crippen molar-refractivity contribution in [3.05, 3.63) is 50.2 Å². The van der Waals surface area contributed by atoms with Crippen LogP contribution in [0.5, 0.6) is 0 Å². The molecule has 0 saturated carbocycles. The van der Waals surface area contributed by atoms with Gasteiger partial charge in [0.15, 0.2) is 0 Å². The summed E-state index contributed by atoms with van der Waals surface area (Å²) in [5, 5.41) is 3.78. The van der Waals surface area contributed by atoms with Gasteiger partial charge in [0.05, 0.1) is 11.4 Å². The highest BCUT2D eigenvalue weighted by Crippen LogP contribution is 2.32. The van der Waals surface area contributed by atoms with Crippen LogP contribution in [0, 0.1) is 27.7 Å². The predicted molar refractivity (Wildman–Crippen MR) is 116 cm³/mol. The van der Waals surface area contributed by atoms with Gasteiger partial charge in [0, 0.05) is 28.3 Å². The molecule has 3 aromatic rings. The molecular formula is C20H21BrN4O2S. The number of rotatable bonds is 4. The third-order valence-corrected chi connectivity index (χ3v) is 6.13. The van der Waals surface area contributed by atoms with Crippen molar-refractivity contribution in [2.24, 2.45) is 0 Å². The van der Waals surface area contributed by atoms with Crippen molar-refractivity contribution < 1.29 is 9.59 Å². The standard InChI is InChI=1S/C20H21BrN4O2S/c1-10-8-14(21)6-7-15(10)24-16(26)9-25(5)20(27)18-11(2)17-12(3)22-13(4)23-19(17)28-18/h6-8H,9H2,1-5H3,(H,24,26). The molecular weight excluding hydrogens is 440 g/mol. The average molecular weight is 461 g/mol. The number of nitrogens with one attached hydrogen (secondary N) is 1. The molecule has 0 unspecified atom stereocenters. The number of amides is 2. The van der Waals surface area contributed by atoms with Gasteiger partial charge < -0.3 is 10.2 Å². The summed E-state index contributed by atoms with van der Waals surface area (Å²) in [5.74, 6) is 0.245. The molecule has 0 saturated heterocycles. The molecule has 6 nitrogen and oxygen atoms in total. The van der Waals surface area contributed by atoms with Crippen LogP contribution < -0.4 is 5.32 Å². The monoisotopic (exact) mass is 460 g/mol. The SMILES string of the molecule is Cc1nc(C)c2c(C)c(C(=O)N(C)CC(=O)Nc3ccc(Br)cc3C)sc2n1. The molecule has 0 aliphatic carbocycles. The quantitative estimate of drug-likeness (QED) is 0.625. The molecule has 0 bridgehead atoms. The second kappa shape index (κ2) is 7.97. The van der Waals surface area contributed by atoms with Crippen LogP contribution in [0.15, 0.2) is 22.7 Å². The van der Waals surface area contributed by atoms with Gasteiger partial charge in [-0.15, -0.1) is 11.3 Å². The zero-order chi connectivity index (χ0) is 20.6. The van der Waals surface area contributed by atoms with Gasteiger partial charge >= 0.3 is 0 Å². The Bertz CT molecular complexity index is 1090. The number of nitrogens with zero attached hydrogens (tertiary/aromatic N) is 3. The highest BCUT2D eigenvalue weighted by atomic mass is 79.9. The molecule has 0 atom stereocenters. The van der Waals surface area contributed by atoms with Gasteiger partial charge in [-0.2, -0.15) is 0 Å². The molecule has 0 radical (unpaired) electrons. The largest absolute Gasteiger partial charge is 0.332 e. The highest BCUT2D eigenvalue weighted by molar-refractivity contribution is 9.10. The van der Waals surface area contributed by atoms with Crippen LogP contribution in [0.3, 0.4) is 0 Å². The van der Waals surface area contributed by atoms with E-state index in [2.05, 4.69) is 31.2 Å². The number of likely N-dealkylation sites (N-methyl/N-ethyl adjacent to an activating group) is 1. The van der Waals surface area contributed by atoms with E-state index < -0.39 is 0 Å². The first-order valence-corrected chi connectivity index (χ1v) is 10.3. The van der Waals surface area contributed by atoms with E-state index >= 15 is 0 Å². The summed E-state index contributed by atoms with van der Waals surface area (Å²) >= 11 is 4.75. The second-order valence-electron chi connectivity index (χ2n) is 6.76. The molecule has 1 aromatic carbocycles. The summed E-state index contributed by atoms with van der Waals surface area (Å²) in [6, 6.07) is 5.62. The van der Waals surface area contributed by atoms with E-state index in [-0.39, 0.29) is 18.4 Å². The Balaban J connectivity index is 1.77. The van der Waals surface area contributed by atoms with Gasteiger partial charge in [0.25, 0.3) is 5.91 Å². The third kappa shape index (κ3) is 4.07. The summed E-state index contributed by atoms with van der Waals surface area (Å²) in [6.45, 7) is 7.54. The molecule has 3 rings (SSSR count). The molecule has 28 heavy (non-hydrogen) atoms. The molecule has 146 valence electrons. The lowest BCUT2D eigenvalue weighted by Gasteiger charge is -2.17. The Morgan fingerprint density at radius 2 is 1.89 bits per heavy atom. The summed E-state index contributed by atoms with van der Waals surface area (Å²) in [5.41, 5.74) is 3.40. The maximum absolute atomic E-state index is 12.9. The topological polar surface area (TPSA) is 75.2 Å². The van der Waals surface area contributed by atoms with E-state index in [9.17, 15) is 9.59 Å². The lowest BCUT2D eigenvalue weighted by atomic mass is 10.1. The van der Waals surface area contributed by atoms with E-state index in [1.54, 1.807) is 7.05 Å². The molecule has 8 heteroatoms. The Morgan fingerprint density at radius 1 is 1.18 bits per heavy atom. The van der Waals surface area contributed by atoms with Crippen molar-refractivity contribution in [2.75, 3.05) is 18.9 Å². The number of benzene rings is 1. The maximum Gasteiger partial charge on any atom is 0.264 e. The number of aryl methyl sites for hydroxylation is 4. The fraction of sp³-hybridized carbons (Fsp3) is 0.300. The number of carbonyl (C=O) groups is 2. The van der Waals surface area contributed by atoms with Crippen molar-refractivity contribution in [3.8, 4) is 0 Å². The first kappa shape index (κ1) is 20.4. The lowest BCUT2D eigenvalue weighted by molar-refractivity contribution is -0.116. The molecule has 0 aliphatic heterocycles. The van der Waals surface area contributed by atoms with Crippen LogP contribution in [-0.4, -0.2) is 40.3 Å². The van der Waals surface area contributed by atoms with Gasteiger partial charge in [-0.05, 0) is 57.0 Å². The number of hydrogen-bond donors (Lipinski definition) is 1. The normalized spacial score (nSPS) is 10.9. The Hall–Kier alpha value is -2.32. The third-order valence-electron chi connectivity index (χ3n) is 4.47. The minimum absolute atomic E-state index is 0.0360. The van der Waals surface area contributed by atoms with Crippen molar-refractivity contribution in [2.45, 2.75) is 27.7 Å². The van der Waals surface area contributed by atoms with E-state index in [1.807, 2.05) is 45.9 Å². The zero-order valence-electron chi connectivity index (χ0n) is 16.4. The fourth-order valence-electron chi connectivity index (χ4n) is 3.10. The van der Waals surface area contributed by atoms with Crippen molar-refractivity contribution in [3.63, 3.8) is 0 Å².